The molecule has 5 heteroatoms. The van der Waals surface area contributed by atoms with E-state index in [1.165, 1.54) is 6.07 Å². The largest absolute Gasteiger partial charge is 0.354 e. The van der Waals surface area contributed by atoms with E-state index in [2.05, 4.69) is 31.1 Å². The molecule has 0 unspecified atom stereocenters. The Balaban J connectivity index is 2.57. The number of hydrogen-bond acceptors (Lipinski definition) is 3. The zero-order valence-electron chi connectivity index (χ0n) is 13.1. The molecular formula is C16H24FN3O. The molecule has 0 bridgehead atoms. The monoisotopic (exact) mass is 293 g/mol. The van der Waals surface area contributed by atoms with Gasteiger partial charge in [0.1, 0.15) is 11.9 Å². The summed E-state index contributed by atoms with van der Waals surface area (Å²) in [5.74, 6) is 5.13. The second-order valence-corrected chi connectivity index (χ2v) is 6.42. The lowest BCUT2D eigenvalue weighted by atomic mass is 9.79. The number of nitrogens with zero attached hydrogens (tertiary/aromatic N) is 1. The first-order chi connectivity index (χ1) is 9.81. The fourth-order valence-electron chi connectivity index (χ4n) is 3.59. The minimum Gasteiger partial charge on any atom is -0.354 e. The van der Waals surface area contributed by atoms with Crippen LogP contribution in [0.2, 0.25) is 0 Å². The summed E-state index contributed by atoms with van der Waals surface area (Å²) in [5, 5.41) is 0. The Labute approximate surface area is 125 Å². The molecule has 1 heterocycles. The minimum absolute atomic E-state index is 0.197. The van der Waals surface area contributed by atoms with Crippen LogP contribution >= 0.6 is 0 Å². The van der Waals surface area contributed by atoms with Crippen molar-refractivity contribution in [1.29, 1.82) is 0 Å². The van der Waals surface area contributed by atoms with Crippen LogP contribution in [0.15, 0.2) is 18.2 Å². The van der Waals surface area contributed by atoms with Crippen molar-refractivity contribution in [3.05, 3.63) is 29.6 Å². The van der Waals surface area contributed by atoms with Crippen LogP contribution in [0.25, 0.3) is 0 Å². The number of rotatable bonds is 3. The molecule has 1 aliphatic heterocycles. The SMILES string of the molecule is CC[C@H](C(=O)NN)N1c2ccc(F)cc2[C@H](C)CC1(C)C. The fourth-order valence-corrected chi connectivity index (χ4v) is 3.59. The highest BCUT2D eigenvalue weighted by Gasteiger charge is 2.41. The normalized spacial score (nSPS) is 21.6. The molecular weight excluding hydrogens is 269 g/mol. The van der Waals surface area contributed by atoms with Crippen LogP contribution in [-0.4, -0.2) is 17.5 Å². The summed E-state index contributed by atoms with van der Waals surface area (Å²) in [4.78, 5) is 14.2. The van der Waals surface area contributed by atoms with Crippen LogP contribution in [0.5, 0.6) is 0 Å². The lowest BCUT2D eigenvalue weighted by molar-refractivity contribution is -0.122. The van der Waals surface area contributed by atoms with Gasteiger partial charge >= 0.3 is 0 Å². The van der Waals surface area contributed by atoms with Crippen LogP contribution in [0.3, 0.4) is 0 Å². The zero-order chi connectivity index (χ0) is 15.8. The predicted octanol–water partition coefficient (Wildman–Crippen LogP) is 2.69. The molecule has 21 heavy (non-hydrogen) atoms. The molecule has 2 atom stereocenters. The highest BCUT2D eigenvalue weighted by Crippen LogP contribution is 2.44. The number of benzene rings is 1. The van der Waals surface area contributed by atoms with Crippen molar-refractivity contribution in [3.8, 4) is 0 Å². The topological polar surface area (TPSA) is 58.4 Å². The summed E-state index contributed by atoms with van der Waals surface area (Å²) in [6.45, 7) is 8.28. The summed E-state index contributed by atoms with van der Waals surface area (Å²) < 4.78 is 13.6. The summed E-state index contributed by atoms with van der Waals surface area (Å²) in [6.07, 6.45) is 1.50. The highest BCUT2D eigenvalue weighted by atomic mass is 19.1. The number of nitrogens with one attached hydrogen (secondary N) is 1. The molecule has 0 aromatic heterocycles. The number of anilines is 1. The molecule has 0 radical (unpaired) electrons. The van der Waals surface area contributed by atoms with Crippen LogP contribution in [0.1, 0.15) is 52.0 Å². The van der Waals surface area contributed by atoms with E-state index >= 15 is 0 Å². The summed E-state index contributed by atoms with van der Waals surface area (Å²) in [5.41, 5.74) is 3.94. The molecule has 0 fully saturated rings. The molecule has 1 aromatic rings. The number of nitrogens with two attached hydrogens (primary N) is 1. The zero-order valence-corrected chi connectivity index (χ0v) is 13.1. The van der Waals surface area contributed by atoms with Gasteiger partial charge < -0.3 is 4.90 Å². The van der Waals surface area contributed by atoms with Gasteiger partial charge in [-0.05, 0) is 56.4 Å². The number of amides is 1. The maximum Gasteiger partial charge on any atom is 0.256 e. The Kier molecular flexibility index (Phi) is 4.23. The van der Waals surface area contributed by atoms with E-state index in [1.807, 2.05) is 6.92 Å². The molecule has 3 N–H and O–H groups in total. The van der Waals surface area contributed by atoms with Gasteiger partial charge in [0, 0.05) is 11.2 Å². The Hall–Kier alpha value is -1.62. The van der Waals surface area contributed by atoms with Gasteiger partial charge in [-0.1, -0.05) is 13.8 Å². The Morgan fingerprint density at radius 1 is 1.57 bits per heavy atom. The molecule has 4 nitrogen and oxygen atoms in total. The smallest absolute Gasteiger partial charge is 0.256 e. The van der Waals surface area contributed by atoms with E-state index in [-0.39, 0.29) is 29.2 Å². The van der Waals surface area contributed by atoms with E-state index in [0.717, 1.165) is 17.7 Å². The number of fused-ring (bicyclic) bond motifs is 1. The second-order valence-electron chi connectivity index (χ2n) is 6.42. The number of hydrazine groups is 1. The molecule has 0 saturated carbocycles. The third kappa shape index (κ3) is 2.75. The maximum atomic E-state index is 13.6. The van der Waals surface area contributed by atoms with Crippen molar-refractivity contribution in [2.75, 3.05) is 4.90 Å². The van der Waals surface area contributed by atoms with Crippen LogP contribution in [0.4, 0.5) is 10.1 Å². The molecule has 2 rings (SSSR count). The third-order valence-electron chi connectivity index (χ3n) is 4.38. The van der Waals surface area contributed by atoms with Crippen molar-refractivity contribution in [2.24, 2.45) is 5.84 Å². The Morgan fingerprint density at radius 2 is 2.24 bits per heavy atom. The van der Waals surface area contributed by atoms with Crippen molar-refractivity contribution < 1.29 is 9.18 Å². The van der Waals surface area contributed by atoms with Gasteiger partial charge in [-0.3, -0.25) is 10.2 Å². The molecule has 116 valence electrons. The van der Waals surface area contributed by atoms with Crippen LogP contribution in [-0.2, 0) is 4.79 Å². The van der Waals surface area contributed by atoms with Crippen LogP contribution < -0.4 is 16.2 Å². The predicted molar refractivity (Wildman–Crippen MR) is 82.4 cm³/mol. The average Bonchev–Trinajstić information content (AvgIpc) is 2.42. The summed E-state index contributed by atoms with van der Waals surface area (Å²) in [6, 6.07) is 4.44. The van der Waals surface area contributed by atoms with Crippen LogP contribution in [0, 0.1) is 5.82 Å². The maximum absolute atomic E-state index is 13.6. The number of hydrogen-bond donors (Lipinski definition) is 2. The van der Waals surface area contributed by atoms with Gasteiger partial charge in [0.25, 0.3) is 5.91 Å². The van der Waals surface area contributed by atoms with Crippen molar-refractivity contribution in [3.63, 3.8) is 0 Å². The lowest BCUT2D eigenvalue weighted by Gasteiger charge is -2.50. The first-order valence-electron chi connectivity index (χ1n) is 7.41. The van der Waals surface area contributed by atoms with Gasteiger partial charge in [0.2, 0.25) is 0 Å². The summed E-state index contributed by atoms with van der Waals surface area (Å²) >= 11 is 0. The van der Waals surface area contributed by atoms with E-state index in [1.54, 1.807) is 12.1 Å². The quantitative estimate of drug-likeness (QED) is 0.512. The first kappa shape index (κ1) is 15.8. The van der Waals surface area contributed by atoms with E-state index in [9.17, 15) is 9.18 Å². The first-order valence-corrected chi connectivity index (χ1v) is 7.41. The minimum atomic E-state index is -0.360. The Morgan fingerprint density at radius 3 is 2.81 bits per heavy atom. The number of carbonyl (C=O) groups excluding carboxylic acids is 1. The molecule has 0 aliphatic carbocycles. The fraction of sp³-hybridized carbons (Fsp3) is 0.562. The van der Waals surface area contributed by atoms with Gasteiger partial charge in [-0.15, -0.1) is 0 Å². The third-order valence-corrected chi connectivity index (χ3v) is 4.38. The molecule has 0 spiro atoms. The molecule has 0 saturated heterocycles. The average molecular weight is 293 g/mol. The van der Waals surface area contributed by atoms with Gasteiger partial charge in [0.15, 0.2) is 0 Å². The van der Waals surface area contributed by atoms with E-state index in [0.29, 0.717) is 6.42 Å². The second kappa shape index (κ2) is 5.64. The van der Waals surface area contributed by atoms with Crippen molar-refractivity contribution in [1.82, 2.24) is 5.43 Å². The standard InChI is InChI=1S/C16H24FN3O/c1-5-13(15(21)19-18)20-14-7-6-11(17)8-12(14)10(2)9-16(20,3)4/h6-8,10,13H,5,9,18H2,1-4H3,(H,19,21)/t10-,13-/m1/s1. The van der Waals surface area contributed by atoms with Gasteiger partial charge in [-0.25, -0.2) is 10.2 Å². The van der Waals surface area contributed by atoms with Crippen molar-refractivity contribution in [2.45, 2.75) is 58.0 Å². The number of carbonyl (C=O) groups is 1. The summed E-state index contributed by atoms with van der Waals surface area (Å²) in [7, 11) is 0. The number of halogens is 1. The Bertz CT molecular complexity index is 544. The molecule has 1 amide bonds. The van der Waals surface area contributed by atoms with Crippen molar-refractivity contribution >= 4 is 11.6 Å². The molecule has 1 aliphatic rings. The van der Waals surface area contributed by atoms with Gasteiger partial charge in [-0.2, -0.15) is 0 Å². The van der Waals surface area contributed by atoms with Gasteiger partial charge in [0.05, 0.1) is 0 Å². The van der Waals surface area contributed by atoms with E-state index in [4.69, 9.17) is 5.84 Å². The van der Waals surface area contributed by atoms with E-state index < -0.39 is 0 Å². The molecule has 1 aromatic carbocycles. The highest BCUT2D eigenvalue weighted by molar-refractivity contribution is 5.86. The lowest BCUT2D eigenvalue weighted by Crippen LogP contribution is -2.59.